The standard InChI is InChI=1S/C14H22N4O2/c1-11(19)18-7-3-14(4-8-18)10-17(2)9-12(20-14)13-15-5-6-16-13/h5-6,12H,3-4,7-10H2,1-2H3,(H,15,16). The van der Waals surface area contributed by atoms with Crippen molar-refractivity contribution in [3.05, 3.63) is 18.2 Å². The molecule has 1 atom stereocenters. The van der Waals surface area contributed by atoms with Crippen LogP contribution >= 0.6 is 0 Å². The lowest BCUT2D eigenvalue weighted by molar-refractivity contribution is -0.178. The summed E-state index contributed by atoms with van der Waals surface area (Å²) in [5.41, 5.74) is -0.142. The highest BCUT2D eigenvalue weighted by Gasteiger charge is 2.43. The molecule has 3 rings (SSSR count). The number of ether oxygens (including phenoxy) is 1. The van der Waals surface area contributed by atoms with Crippen LogP contribution in [0.25, 0.3) is 0 Å². The molecule has 20 heavy (non-hydrogen) atoms. The van der Waals surface area contributed by atoms with Crippen LogP contribution in [0.15, 0.2) is 12.4 Å². The van der Waals surface area contributed by atoms with Crippen LogP contribution < -0.4 is 0 Å². The Morgan fingerprint density at radius 1 is 1.50 bits per heavy atom. The van der Waals surface area contributed by atoms with Crippen LogP contribution in [-0.2, 0) is 9.53 Å². The molecule has 6 nitrogen and oxygen atoms in total. The van der Waals surface area contributed by atoms with Gasteiger partial charge in [-0.1, -0.05) is 0 Å². The minimum absolute atomic E-state index is 0.00683. The van der Waals surface area contributed by atoms with Gasteiger partial charge >= 0.3 is 0 Å². The van der Waals surface area contributed by atoms with Crippen molar-refractivity contribution in [2.75, 3.05) is 33.2 Å². The average molecular weight is 278 g/mol. The summed E-state index contributed by atoms with van der Waals surface area (Å²) < 4.78 is 6.38. The summed E-state index contributed by atoms with van der Waals surface area (Å²) >= 11 is 0. The fourth-order valence-electron chi connectivity index (χ4n) is 3.32. The number of imidazole rings is 1. The van der Waals surface area contributed by atoms with Crippen molar-refractivity contribution in [3.8, 4) is 0 Å². The summed E-state index contributed by atoms with van der Waals surface area (Å²) in [4.78, 5) is 23.1. The first-order chi connectivity index (χ1) is 9.58. The Balaban J connectivity index is 1.72. The molecule has 3 heterocycles. The molecular formula is C14H22N4O2. The number of likely N-dealkylation sites (tertiary alicyclic amines) is 1. The molecule has 2 aliphatic heterocycles. The van der Waals surface area contributed by atoms with Crippen LogP contribution in [0.3, 0.4) is 0 Å². The number of H-pyrrole nitrogens is 1. The Kier molecular flexibility index (Phi) is 3.52. The van der Waals surface area contributed by atoms with Crippen LogP contribution in [0.2, 0.25) is 0 Å². The molecule has 0 aliphatic carbocycles. The zero-order valence-electron chi connectivity index (χ0n) is 12.1. The van der Waals surface area contributed by atoms with Gasteiger partial charge in [0, 0.05) is 45.5 Å². The summed E-state index contributed by atoms with van der Waals surface area (Å²) in [6, 6.07) is 0. The second-order valence-corrected chi connectivity index (χ2v) is 5.97. The number of piperidine rings is 1. The Bertz CT molecular complexity index is 466. The maximum absolute atomic E-state index is 11.4. The van der Waals surface area contributed by atoms with Crippen LogP contribution in [0.5, 0.6) is 0 Å². The summed E-state index contributed by atoms with van der Waals surface area (Å²) in [6.45, 7) is 4.99. The third kappa shape index (κ3) is 2.58. The van der Waals surface area contributed by atoms with Gasteiger partial charge in [-0.3, -0.25) is 4.79 Å². The maximum Gasteiger partial charge on any atom is 0.219 e. The molecule has 2 aliphatic rings. The maximum atomic E-state index is 11.4. The fourth-order valence-corrected chi connectivity index (χ4v) is 3.32. The van der Waals surface area contributed by atoms with Gasteiger partial charge in [-0.25, -0.2) is 4.98 Å². The van der Waals surface area contributed by atoms with E-state index < -0.39 is 0 Å². The van der Waals surface area contributed by atoms with Crippen molar-refractivity contribution in [2.24, 2.45) is 0 Å². The second-order valence-electron chi connectivity index (χ2n) is 5.97. The van der Waals surface area contributed by atoms with E-state index in [9.17, 15) is 4.79 Å². The van der Waals surface area contributed by atoms with Crippen LogP contribution in [0, 0.1) is 0 Å². The minimum Gasteiger partial charge on any atom is -0.361 e. The number of carbonyl (C=O) groups is 1. The first kappa shape index (κ1) is 13.6. The van der Waals surface area contributed by atoms with Gasteiger partial charge in [0.25, 0.3) is 0 Å². The van der Waals surface area contributed by atoms with E-state index in [0.717, 1.165) is 44.8 Å². The molecule has 0 radical (unpaired) electrons. The third-order valence-corrected chi connectivity index (χ3v) is 4.37. The van der Waals surface area contributed by atoms with Crippen molar-refractivity contribution in [2.45, 2.75) is 31.5 Å². The smallest absolute Gasteiger partial charge is 0.219 e. The lowest BCUT2D eigenvalue weighted by atomic mass is 9.88. The topological polar surface area (TPSA) is 61.5 Å². The Hall–Kier alpha value is -1.40. The van der Waals surface area contributed by atoms with Crippen LogP contribution in [0.1, 0.15) is 31.7 Å². The number of likely N-dealkylation sites (N-methyl/N-ethyl adjacent to an activating group) is 1. The molecule has 2 saturated heterocycles. The van der Waals surface area contributed by atoms with Gasteiger partial charge in [-0.05, 0) is 19.9 Å². The van der Waals surface area contributed by atoms with E-state index in [2.05, 4.69) is 21.9 Å². The number of rotatable bonds is 1. The molecule has 1 unspecified atom stereocenters. The second kappa shape index (κ2) is 5.18. The van der Waals surface area contributed by atoms with E-state index in [-0.39, 0.29) is 17.6 Å². The van der Waals surface area contributed by atoms with Gasteiger partial charge in [-0.2, -0.15) is 0 Å². The molecule has 0 saturated carbocycles. The first-order valence-corrected chi connectivity index (χ1v) is 7.19. The summed E-state index contributed by atoms with van der Waals surface area (Å²) in [6.07, 6.45) is 5.38. The number of morpholine rings is 1. The molecule has 2 fully saturated rings. The molecule has 1 N–H and O–H groups in total. The van der Waals surface area contributed by atoms with Crippen molar-refractivity contribution in [1.82, 2.24) is 19.8 Å². The largest absolute Gasteiger partial charge is 0.361 e. The van der Waals surface area contributed by atoms with Gasteiger partial charge in [0.1, 0.15) is 11.9 Å². The van der Waals surface area contributed by atoms with Crippen LogP contribution in [0.4, 0.5) is 0 Å². The summed E-state index contributed by atoms with van der Waals surface area (Å²) in [7, 11) is 2.12. The highest BCUT2D eigenvalue weighted by molar-refractivity contribution is 5.73. The summed E-state index contributed by atoms with van der Waals surface area (Å²) in [5, 5.41) is 0. The average Bonchev–Trinajstić information content (AvgIpc) is 2.92. The molecule has 0 bridgehead atoms. The molecule has 6 heteroatoms. The van der Waals surface area contributed by atoms with Gasteiger partial charge in [0.05, 0.1) is 5.60 Å². The number of aromatic nitrogens is 2. The molecule has 0 aromatic carbocycles. The van der Waals surface area contributed by atoms with E-state index in [0.29, 0.717) is 0 Å². The SMILES string of the molecule is CC(=O)N1CCC2(CC1)CN(C)CC(c1ncc[nH]1)O2. The molecule has 110 valence electrons. The quantitative estimate of drug-likeness (QED) is 0.825. The molecule has 1 aromatic heterocycles. The predicted molar refractivity (Wildman–Crippen MR) is 74.1 cm³/mol. The van der Waals surface area contributed by atoms with Crippen molar-refractivity contribution < 1.29 is 9.53 Å². The number of nitrogens with zero attached hydrogens (tertiary/aromatic N) is 3. The number of nitrogens with one attached hydrogen (secondary N) is 1. The van der Waals surface area contributed by atoms with Gasteiger partial charge in [0.15, 0.2) is 0 Å². The monoisotopic (exact) mass is 278 g/mol. The number of hydrogen-bond donors (Lipinski definition) is 1. The minimum atomic E-state index is -0.142. The molecule has 1 amide bonds. The van der Waals surface area contributed by atoms with Crippen LogP contribution in [-0.4, -0.2) is 64.5 Å². The van der Waals surface area contributed by atoms with E-state index in [4.69, 9.17) is 4.74 Å². The number of hydrogen-bond acceptors (Lipinski definition) is 4. The van der Waals surface area contributed by atoms with E-state index >= 15 is 0 Å². The summed E-state index contributed by atoms with van der Waals surface area (Å²) in [5.74, 6) is 1.05. The Morgan fingerprint density at radius 3 is 2.85 bits per heavy atom. The molecule has 1 aromatic rings. The normalized spacial score (nSPS) is 26.9. The van der Waals surface area contributed by atoms with Crippen molar-refractivity contribution in [1.29, 1.82) is 0 Å². The van der Waals surface area contributed by atoms with Gasteiger partial charge in [0.2, 0.25) is 5.91 Å². The van der Waals surface area contributed by atoms with Crippen molar-refractivity contribution >= 4 is 5.91 Å². The zero-order chi connectivity index (χ0) is 14.2. The predicted octanol–water partition coefficient (Wildman–Crippen LogP) is 0.794. The van der Waals surface area contributed by atoms with Crippen molar-refractivity contribution in [3.63, 3.8) is 0 Å². The number of carbonyl (C=O) groups excluding carboxylic acids is 1. The lowest BCUT2D eigenvalue weighted by Crippen LogP contribution is -2.57. The van der Waals surface area contributed by atoms with Gasteiger partial charge < -0.3 is 19.5 Å². The number of aromatic amines is 1. The molecular weight excluding hydrogens is 256 g/mol. The third-order valence-electron chi connectivity index (χ3n) is 4.37. The van der Waals surface area contributed by atoms with E-state index in [1.165, 1.54) is 0 Å². The zero-order valence-corrected chi connectivity index (χ0v) is 12.1. The highest BCUT2D eigenvalue weighted by Crippen LogP contribution is 2.36. The molecule has 1 spiro atoms. The Morgan fingerprint density at radius 2 is 2.25 bits per heavy atom. The van der Waals surface area contributed by atoms with Gasteiger partial charge in [-0.15, -0.1) is 0 Å². The van der Waals surface area contributed by atoms with E-state index in [1.54, 1.807) is 13.1 Å². The Labute approximate surface area is 119 Å². The first-order valence-electron chi connectivity index (χ1n) is 7.19. The highest BCUT2D eigenvalue weighted by atomic mass is 16.5. The lowest BCUT2D eigenvalue weighted by Gasteiger charge is -2.48. The number of amides is 1. The fraction of sp³-hybridized carbons (Fsp3) is 0.714. The van der Waals surface area contributed by atoms with E-state index in [1.807, 2.05) is 11.1 Å².